The first-order chi connectivity index (χ1) is 15.0. The average molecular weight is 493 g/mol. The summed E-state index contributed by atoms with van der Waals surface area (Å²) in [5.41, 5.74) is 4.98. The van der Waals surface area contributed by atoms with E-state index in [1.165, 1.54) is 17.3 Å². The van der Waals surface area contributed by atoms with Crippen LogP contribution in [0.5, 0.6) is 0 Å². The first kappa shape index (κ1) is 21.3. The Labute approximate surface area is 194 Å². The van der Waals surface area contributed by atoms with Crippen molar-refractivity contribution in [1.29, 1.82) is 0 Å². The Morgan fingerprint density at radius 3 is 2.39 bits per heavy atom. The minimum atomic E-state index is -0.103. The fourth-order valence-corrected chi connectivity index (χ4v) is 4.45. The van der Waals surface area contributed by atoms with Crippen LogP contribution < -0.4 is 5.32 Å². The molecule has 1 aromatic heterocycles. The second-order valence-corrected chi connectivity index (χ2v) is 8.96. The number of hydrogen-bond acceptors (Lipinski definition) is 4. The number of thioether (sulfide) groups is 1. The molecule has 5 nitrogen and oxygen atoms in total. The zero-order valence-electron chi connectivity index (χ0n) is 17.2. The number of amides is 1. The summed E-state index contributed by atoms with van der Waals surface area (Å²) < 4.78 is 2.86. The Kier molecular flexibility index (Phi) is 6.53. The molecule has 4 aromatic rings. The lowest BCUT2D eigenvalue weighted by Gasteiger charge is -2.11. The van der Waals surface area contributed by atoms with Crippen molar-refractivity contribution in [2.75, 3.05) is 11.1 Å². The highest BCUT2D eigenvalue weighted by Gasteiger charge is 2.17. The summed E-state index contributed by atoms with van der Waals surface area (Å²) in [4.78, 5) is 12.6. The fourth-order valence-electron chi connectivity index (χ4n) is 3.10. The summed E-state index contributed by atoms with van der Waals surface area (Å²) >= 11 is 4.86. The largest absolute Gasteiger partial charge is 0.324 e. The smallest absolute Gasteiger partial charge is 0.234 e. The van der Waals surface area contributed by atoms with E-state index in [1.54, 1.807) is 0 Å². The molecular formula is C24H21BrN4OS. The number of nitrogens with one attached hydrogen (secondary N) is 1. The van der Waals surface area contributed by atoms with Gasteiger partial charge in [-0.15, -0.1) is 10.2 Å². The number of hydrogen-bond donors (Lipinski definition) is 1. The van der Waals surface area contributed by atoms with Gasteiger partial charge in [-0.1, -0.05) is 65.9 Å². The molecular weight excluding hydrogens is 472 g/mol. The van der Waals surface area contributed by atoms with Crippen molar-refractivity contribution in [3.8, 4) is 17.1 Å². The molecule has 156 valence electrons. The van der Waals surface area contributed by atoms with E-state index in [0.717, 1.165) is 32.8 Å². The molecule has 1 heterocycles. The van der Waals surface area contributed by atoms with Gasteiger partial charge in [-0.05, 0) is 59.6 Å². The summed E-state index contributed by atoms with van der Waals surface area (Å²) in [5.74, 6) is 0.863. The molecule has 0 spiro atoms. The van der Waals surface area contributed by atoms with E-state index in [2.05, 4.69) is 50.5 Å². The van der Waals surface area contributed by atoms with Crippen molar-refractivity contribution < 1.29 is 4.79 Å². The normalized spacial score (nSPS) is 10.8. The molecule has 0 aliphatic rings. The summed E-state index contributed by atoms with van der Waals surface area (Å²) in [5, 5.41) is 12.4. The molecule has 0 atom stereocenters. The standard InChI is InChI=1S/C24H21BrN4OS/c1-16-8-11-19(12-9-16)29-23(18-6-4-3-5-7-18)27-28-24(29)31-15-22(30)26-21-13-10-17(2)14-20(21)25/h3-14H,15H2,1-2H3,(H,26,30). The van der Waals surface area contributed by atoms with Gasteiger partial charge in [-0.2, -0.15) is 0 Å². The van der Waals surface area contributed by atoms with Crippen molar-refractivity contribution in [2.24, 2.45) is 0 Å². The highest BCUT2D eigenvalue weighted by atomic mass is 79.9. The van der Waals surface area contributed by atoms with Gasteiger partial charge < -0.3 is 5.32 Å². The first-order valence-corrected chi connectivity index (χ1v) is 11.6. The van der Waals surface area contributed by atoms with Crippen molar-refractivity contribution in [2.45, 2.75) is 19.0 Å². The maximum absolute atomic E-state index is 12.6. The van der Waals surface area contributed by atoms with Crippen LogP contribution in [0, 0.1) is 13.8 Å². The second-order valence-electron chi connectivity index (χ2n) is 7.16. The number of aromatic nitrogens is 3. The Morgan fingerprint density at radius 2 is 1.68 bits per heavy atom. The van der Waals surface area contributed by atoms with Gasteiger partial charge in [0.15, 0.2) is 11.0 Å². The molecule has 0 aliphatic carbocycles. The molecule has 0 aliphatic heterocycles. The molecule has 1 N–H and O–H groups in total. The monoisotopic (exact) mass is 492 g/mol. The van der Waals surface area contributed by atoms with Crippen LogP contribution in [0.2, 0.25) is 0 Å². The van der Waals surface area contributed by atoms with Crippen LogP contribution in [0.25, 0.3) is 17.1 Å². The third-order valence-electron chi connectivity index (χ3n) is 4.69. The van der Waals surface area contributed by atoms with Gasteiger partial charge in [-0.25, -0.2) is 0 Å². The van der Waals surface area contributed by atoms with Gasteiger partial charge in [0.1, 0.15) is 0 Å². The molecule has 31 heavy (non-hydrogen) atoms. The third kappa shape index (κ3) is 5.06. The fraction of sp³-hybridized carbons (Fsp3) is 0.125. The average Bonchev–Trinajstić information content (AvgIpc) is 3.19. The van der Waals surface area contributed by atoms with Crippen molar-refractivity contribution >= 4 is 39.3 Å². The van der Waals surface area contributed by atoms with Crippen molar-refractivity contribution in [1.82, 2.24) is 14.8 Å². The molecule has 0 saturated heterocycles. The van der Waals surface area contributed by atoms with E-state index in [4.69, 9.17) is 0 Å². The Balaban J connectivity index is 1.58. The summed E-state index contributed by atoms with van der Waals surface area (Å²) in [6.45, 7) is 4.06. The molecule has 0 bridgehead atoms. The van der Waals surface area contributed by atoms with Crippen molar-refractivity contribution in [3.63, 3.8) is 0 Å². The van der Waals surface area contributed by atoms with Gasteiger partial charge in [-0.3, -0.25) is 9.36 Å². The zero-order valence-corrected chi connectivity index (χ0v) is 19.6. The third-order valence-corrected chi connectivity index (χ3v) is 6.27. The Hall–Kier alpha value is -2.90. The number of aryl methyl sites for hydroxylation is 2. The maximum Gasteiger partial charge on any atom is 0.234 e. The lowest BCUT2D eigenvalue weighted by atomic mass is 10.2. The predicted molar refractivity (Wildman–Crippen MR) is 130 cm³/mol. The first-order valence-electron chi connectivity index (χ1n) is 9.78. The number of anilines is 1. The Bertz CT molecular complexity index is 1210. The van der Waals surface area contributed by atoms with Gasteiger partial charge in [0, 0.05) is 15.7 Å². The molecule has 1 amide bonds. The van der Waals surface area contributed by atoms with Crippen LogP contribution in [0.1, 0.15) is 11.1 Å². The van der Waals surface area contributed by atoms with Crippen LogP contribution in [-0.4, -0.2) is 26.4 Å². The minimum Gasteiger partial charge on any atom is -0.324 e. The van der Waals surface area contributed by atoms with Gasteiger partial charge in [0.2, 0.25) is 5.91 Å². The SMILES string of the molecule is Cc1ccc(-n2c(SCC(=O)Nc3ccc(C)cc3Br)nnc2-c2ccccc2)cc1. The van der Waals surface area contributed by atoms with Crippen LogP contribution in [-0.2, 0) is 4.79 Å². The van der Waals surface area contributed by atoms with Crippen molar-refractivity contribution in [3.05, 3.63) is 88.4 Å². The predicted octanol–water partition coefficient (Wildman–Crippen LogP) is 6.04. The molecule has 7 heteroatoms. The van der Waals surface area contributed by atoms with Gasteiger partial charge in [0.25, 0.3) is 0 Å². The Morgan fingerprint density at radius 1 is 0.968 bits per heavy atom. The highest BCUT2D eigenvalue weighted by Crippen LogP contribution is 2.29. The van der Waals surface area contributed by atoms with E-state index >= 15 is 0 Å². The molecule has 0 unspecified atom stereocenters. The second kappa shape index (κ2) is 9.49. The number of carbonyl (C=O) groups excluding carboxylic acids is 1. The highest BCUT2D eigenvalue weighted by molar-refractivity contribution is 9.10. The number of carbonyl (C=O) groups is 1. The van der Waals surface area contributed by atoms with Crippen LogP contribution in [0.3, 0.4) is 0 Å². The molecule has 0 radical (unpaired) electrons. The number of nitrogens with zero attached hydrogens (tertiary/aromatic N) is 3. The topological polar surface area (TPSA) is 59.8 Å². The van der Waals surface area contributed by atoms with E-state index < -0.39 is 0 Å². The van der Waals surface area contributed by atoms with Gasteiger partial charge >= 0.3 is 0 Å². The molecule has 0 fully saturated rings. The quantitative estimate of drug-likeness (QED) is 0.333. The van der Waals surface area contributed by atoms with Crippen LogP contribution >= 0.6 is 27.7 Å². The van der Waals surface area contributed by atoms with Crippen LogP contribution in [0.15, 0.2) is 82.4 Å². The maximum atomic E-state index is 12.6. The summed E-state index contributed by atoms with van der Waals surface area (Å²) in [6.07, 6.45) is 0. The molecule has 4 rings (SSSR count). The van der Waals surface area contributed by atoms with E-state index in [1.807, 2.05) is 72.2 Å². The van der Waals surface area contributed by atoms with Crippen LogP contribution in [0.4, 0.5) is 5.69 Å². The minimum absolute atomic E-state index is 0.103. The van der Waals surface area contributed by atoms with E-state index in [-0.39, 0.29) is 11.7 Å². The summed E-state index contributed by atoms with van der Waals surface area (Å²) in [7, 11) is 0. The van der Waals surface area contributed by atoms with E-state index in [0.29, 0.717) is 5.16 Å². The van der Waals surface area contributed by atoms with E-state index in [9.17, 15) is 4.79 Å². The zero-order chi connectivity index (χ0) is 21.8. The lowest BCUT2D eigenvalue weighted by molar-refractivity contribution is -0.113. The number of benzene rings is 3. The molecule has 3 aromatic carbocycles. The number of rotatable bonds is 6. The lowest BCUT2D eigenvalue weighted by Crippen LogP contribution is -2.15. The van der Waals surface area contributed by atoms with Gasteiger partial charge in [0.05, 0.1) is 11.4 Å². The molecule has 0 saturated carbocycles. The summed E-state index contributed by atoms with van der Waals surface area (Å²) in [6, 6.07) is 24.0. The number of halogens is 1.